The lowest BCUT2D eigenvalue weighted by atomic mass is 10.2. The van der Waals surface area contributed by atoms with Gasteiger partial charge in [-0.25, -0.2) is 13.6 Å². The molecule has 0 spiro atoms. The summed E-state index contributed by atoms with van der Waals surface area (Å²) in [6, 6.07) is 0.273. The number of aliphatic hydroxyl groups excluding tert-OH is 2. The summed E-state index contributed by atoms with van der Waals surface area (Å²) < 4.78 is 69.4. The Kier molecular flexibility index (Phi) is 12.9. The lowest BCUT2D eigenvalue weighted by Gasteiger charge is -2.08. The molecule has 0 unspecified atom stereocenters. The van der Waals surface area contributed by atoms with E-state index in [1.54, 1.807) is 0 Å². The van der Waals surface area contributed by atoms with Crippen molar-refractivity contribution in [2.75, 3.05) is 26.1 Å². The van der Waals surface area contributed by atoms with E-state index in [0.717, 1.165) is 0 Å². The number of carboxylic acid groups (broad SMARTS) is 1. The van der Waals surface area contributed by atoms with E-state index >= 15 is 0 Å². The number of ether oxygens (including phenoxy) is 1. The van der Waals surface area contributed by atoms with Crippen LogP contribution < -0.4 is 4.74 Å². The van der Waals surface area contributed by atoms with Crippen molar-refractivity contribution >= 4 is 16.1 Å². The zero-order chi connectivity index (χ0) is 20.9. The van der Waals surface area contributed by atoms with Crippen LogP contribution in [0.2, 0.25) is 0 Å². The predicted octanol–water partition coefficient (Wildman–Crippen LogP) is 0.679. The third-order valence-corrected chi connectivity index (χ3v) is 1.92. The summed E-state index contributed by atoms with van der Waals surface area (Å²) in [7, 11) is -3.67. The van der Waals surface area contributed by atoms with E-state index in [2.05, 4.69) is 16.6 Å². The number of rotatable bonds is 3. The van der Waals surface area contributed by atoms with Crippen LogP contribution in [0.25, 0.3) is 0 Å². The predicted molar refractivity (Wildman–Crippen MR) is 83.9 cm³/mol. The molecule has 0 atom stereocenters. The number of carboxylic acids is 1. The van der Waals surface area contributed by atoms with Crippen LogP contribution >= 0.6 is 0 Å². The second-order valence-corrected chi connectivity index (χ2v) is 5.47. The Morgan fingerprint density at radius 1 is 1.15 bits per heavy atom. The quantitative estimate of drug-likeness (QED) is 0.329. The highest BCUT2D eigenvalue weighted by molar-refractivity contribution is 7.85. The number of aromatic carboxylic acids is 1. The molecule has 0 saturated heterocycles. The fraction of sp³-hybridized carbons (Fsp3) is 0.357. The van der Waals surface area contributed by atoms with E-state index in [1.165, 1.54) is 6.92 Å². The Bertz CT molecular complexity index is 738. The first kappa shape index (κ1) is 25.9. The van der Waals surface area contributed by atoms with Crippen LogP contribution in [0.3, 0.4) is 0 Å². The molecule has 1 rings (SSSR count). The number of hydrogen-bond donors (Lipinski definition) is 4. The smallest absolute Gasteiger partial charge is 0.338 e. The number of hydrogen-bond acceptors (Lipinski definition) is 6. The molecule has 1 aromatic rings. The largest absolute Gasteiger partial charge is 0.488 e. The second-order valence-electron chi connectivity index (χ2n) is 4.00. The molecule has 148 valence electrons. The fourth-order valence-electron chi connectivity index (χ4n) is 1.12. The van der Waals surface area contributed by atoms with Gasteiger partial charge in [0.25, 0.3) is 10.1 Å². The van der Waals surface area contributed by atoms with Gasteiger partial charge in [-0.3, -0.25) is 4.55 Å². The molecular weight excluding hydrogens is 385 g/mol. The highest BCUT2D eigenvalue weighted by Gasteiger charge is 2.23. The standard InChI is InChI=1S/C9H7F3O3.C4H6O2.CH4O3S/c1-2-15-8-6(11)4(9(13)14)3-5(10)7(8)12;5-3-1-2-4-6;1-5(2,3)4/h3H,2H2,1H3,(H,13,14);5-6H,3-4H2;1H3,(H,2,3,4). The maximum atomic E-state index is 13.2. The van der Waals surface area contributed by atoms with Gasteiger partial charge in [0.1, 0.15) is 18.8 Å². The molecule has 1 aromatic carbocycles. The second kappa shape index (κ2) is 13.0. The molecule has 4 N–H and O–H groups in total. The van der Waals surface area contributed by atoms with Crippen LogP contribution in [0.15, 0.2) is 6.07 Å². The molecule has 0 bridgehead atoms. The summed E-state index contributed by atoms with van der Waals surface area (Å²) >= 11 is 0. The molecular formula is C14H17F3O8S. The molecule has 0 aliphatic carbocycles. The van der Waals surface area contributed by atoms with E-state index in [0.29, 0.717) is 6.26 Å². The number of halogens is 3. The normalized spacial score (nSPS) is 9.54. The Balaban J connectivity index is 0. The monoisotopic (exact) mass is 402 g/mol. The summed E-state index contributed by atoms with van der Waals surface area (Å²) in [4.78, 5) is 10.5. The Hall–Kier alpha value is -2.33. The van der Waals surface area contributed by atoms with Crippen molar-refractivity contribution < 1.29 is 51.0 Å². The summed E-state index contributed by atoms with van der Waals surface area (Å²) in [5.74, 6) is -2.59. The molecule has 0 aliphatic rings. The van der Waals surface area contributed by atoms with Gasteiger partial charge in [0.15, 0.2) is 17.4 Å². The van der Waals surface area contributed by atoms with Crippen LogP contribution in [-0.2, 0) is 10.1 Å². The minimum absolute atomic E-state index is 0.101. The Labute approximate surface area is 147 Å². The van der Waals surface area contributed by atoms with E-state index < -0.39 is 44.9 Å². The third-order valence-electron chi connectivity index (χ3n) is 1.92. The van der Waals surface area contributed by atoms with Crippen molar-refractivity contribution in [2.45, 2.75) is 6.92 Å². The molecule has 0 heterocycles. The summed E-state index contributed by atoms with van der Waals surface area (Å²) in [6.07, 6.45) is 0.715. The van der Waals surface area contributed by atoms with Gasteiger partial charge in [0, 0.05) is 0 Å². The first-order valence-electron chi connectivity index (χ1n) is 6.54. The maximum Gasteiger partial charge on any atom is 0.338 e. The molecule has 0 aromatic heterocycles. The average molecular weight is 402 g/mol. The molecule has 12 heteroatoms. The topological polar surface area (TPSA) is 141 Å². The average Bonchev–Trinajstić information content (AvgIpc) is 2.51. The van der Waals surface area contributed by atoms with Gasteiger partial charge in [0.2, 0.25) is 5.82 Å². The maximum absolute atomic E-state index is 13.2. The lowest BCUT2D eigenvalue weighted by Crippen LogP contribution is -2.08. The van der Waals surface area contributed by atoms with Gasteiger partial charge in [-0.05, 0) is 13.0 Å². The van der Waals surface area contributed by atoms with Crippen molar-refractivity contribution in [1.82, 2.24) is 0 Å². The van der Waals surface area contributed by atoms with Crippen molar-refractivity contribution in [3.8, 4) is 17.6 Å². The molecule has 0 amide bonds. The molecule has 8 nitrogen and oxygen atoms in total. The molecule has 0 aliphatic heterocycles. The Morgan fingerprint density at radius 3 is 1.88 bits per heavy atom. The number of carbonyl (C=O) groups is 1. The van der Waals surface area contributed by atoms with Gasteiger partial charge in [-0.2, -0.15) is 12.8 Å². The van der Waals surface area contributed by atoms with E-state index in [4.69, 9.17) is 19.9 Å². The highest BCUT2D eigenvalue weighted by atomic mass is 32.2. The van der Waals surface area contributed by atoms with E-state index in [9.17, 15) is 26.4 Å². The van der Waals surface area contributed by atoms with Crippen LogP contribution in [0.4, 0.5) is 13.2 Å². The van der Waals surface area contributed by atoms with Gasteiger partial charge in [0.05, 0.1) is 12.9 Å². The molecule has 0 fully saturated rings. The van der Waals surface area contributed by atoms with Crippen molar-refractivity contribution in [2.24, 2.45) is 0 Å². The fourth-order valence-corrected chi connectivity index (χ4v) is 1.12. The Morgan fingerprint density at radius 2 is 1.58 bits per heavy atom. The summed E-state index contributed by atoms with van der Waals surface area (Å²) in [5, 5.41) is 24.3. The highest BCUT2D eigenvalue weighted by Crippen LogP contribution is 2.27. The zero-order valence-electron chi connectivity index (χ0n) is 13.7. The lowest BCUT2D eigenvalue weighted by molar-refractivity contribution is 0.0689. The SMILES string of the molecule is CCOc1c(F)c(F)cc(C(=O)O)c1F.CS(=O)(=O)O.OCC#CCO. The zero-order valence-corrected chi connectivity index (χ0v) is 14.5. The van der Waals surface area contributed by atoms with Crippen LogP contribution in [0.1, 0.15) is 17.3 Å². The summed E-state index contributed by atoms with van der Waals surface area (Å²) in [6.45, 7) is 1.00. The van der Waals surface area contributed by atoms with E-state index in [-0.39, 0.29) is 25.9 Å². The summed E-state index contributed by atoms with van der Waals surface area (Å²) in [5.41, 5.74) is -0.961. The van der Waals surface area contributed by atoms with Gasteiger partial charge in [-0.15, -0.1) is 0 Å². The first-order chi connectivity index (χ1) is 11.9. The minimum Gasteiger partial charge on any atom is -0.488 e. The van der Waals surface area contributed by atoms with Gasteiger partial charge < -0.3 is 20.1 Å². The van der Waals surface area contributed by atoms with Crippen molar-refractivity contribution in [1.29, 1.82) is 0 Å². The van der Waals surface area contributed by atoms with E-state index in [1.807, 2.05) is 0 Å². The molecule has 0 saturated carbocycles. The molecule has 0 radical (unpaired) electrons. The van der Waals surface area contributed by atoms with Gasteiger partial charge in [-0.1, -0.05) is 11.8 Å². The van der Waals surface area contributed by atoms with Crippen LogP contribution in [0, 0.1) is 29.3 Å². The van der Waals surface area contributed by atoms with Crippen LogP contribution in [0.5, 0.6) is 5.75 Å². The van der Waals surface area contributed by atoms with Gasteiger partial charge >= 0.3 is 5.97 Å². The molecule has 26 heavy (non-hydrogen) atoms. The van der Waals surface area contributed by atoms with Crippen molar-refractivity contribution in [3.63, 3.8) is 0 Å². The number of benzene rings is 1. The third kappa shape index (κ3) is 12.1. The first-order valence-corrected chi connectivity index (χ1v) is 8.38. The number of aliphatic hydroxyl groups is 2. The van der Waals surface area contributed by atoms with Crippen molar-refractivity contribution in [3.05, 3.63) is 29.1 Å². The van der Waals surface area contributed by atoms with Crippen LogP contribution in [-0.4, -0.2) is 60.3 Å². The minimum atomic E-state index is -3.67.